The lowest BCUT2D eigenvalue weighted by molar-refractivity contribution is -0.160. The van der Waals surface area contributed by atoms with Crippen LogP contribution in [-0.4, -0.2) is 54.4 Å². The van der Waals surface area contributed by atoms with E-state index in [1.54, 1.807) is 12.0 Å². The Balaban J connectivity index is 1.70. The fraction of sp³-hybridized carbons (Fsp3) is 0.917. The SMILES string of the molecule is COCCCC(N)C(=O)N1CC(O)(C2CC2)C1. The van der Waals surface area contributed by atoms with Crippen LogP contribution in [-0.2, 0) is 9.53 Å². The average molecular weight is 242 g/mol. The Hall–Kier alpha value is -0.650. The van der Waals surface area contributed by atoms with Crippen molar-refractivity contribution >= 4 is 5.91 Å². The second-order valence-electron chi connectivity index (χ2n) is 5.31. The van der Waals surface area contributed by atoms with Crippen molar-refractivity contribution in [1.82, 2.24) is 4.90 Å². The minimum atomic E-state index is -0.609. The van der Waals surface area contributed by atoms with Gasteiger partial charge in [-0.15, -0.1) is 0 Å². The molecule has 17 heavy (non-hydrogen) atoms. The van der Waals surface area contributed by atoms with E-state index >= 15 is 0 Å². The number of nitrogens with two attached hydrogens (primary N) is 1. The van der Waals surface area contributed by atoms with Gasteiger partial charge in [0.05, 0.1) is 19.1 Å². The van der Waals surface area contributed by atoms with Crippen molar-refractivity contribution in [1.29, 1.82) is 0 Å². The number of carbonyl (C=O) groups excluding carboxylic acids is 1. The van der Waals surface area contributed by atoms with Gasteiger partial charge in [0.25, 0.3) is 0 Å². The van der Waals surface area contributed by atoms with Gasteiger partial charge in [0.2, 0.25) is 5.91 Å². The molecule has 0 aromatic rings. The highest BCUT2D eigenvalue weighted by atomic mass is 16.5. The van der Waals surface area contributed by atoms with E-state index < -0.39 is 11.6 Å². The molecule has 1 aliphatic carbocycles. The molecule has 0 aromatic carbocycles. The van der Waals surface area contributed by atoms with Gasteiger partial charge in [-0.3, -0.25) is 4.79 Å². The first-order valence-electron chi connectivity index (χ1n) is 6.32. The molecule has 3 N–H and O–H groups in total. The summed E-state index contributed by atoms with van der Waals surface area (Å²) in [6.07, 6.45) is 3.63. The summed E-state index contributed by atoms with van der Waals surface area (Å²) in [5, 5.41) is 10.1. The minimum Gasteiger partial charge on any atom is -0.386 e. The monoisotopic (exact) mass is 242 g/mol. The zero-order valence-corrected chi connectivity index (χ0v) is 10.4. The fourth-order valence-corrected chi connectivity index (χ4v) is 2.45. The van der Waals surface area contributed by atoms with Crippen molar-refractivity contribution in [3.05, 3.63) is 0 Å². The summed E-state index contributed by atoms with van der Waals surface area (Å²) in [5.74, 6) is 0.377. The first-order valence-corrected chi connectivity index (χ1v) is 6.32. The van der Waals surface area contributed by atoms with Gasteiger partial charge in [-0.2, -0.15) is 0 Å². The predicted octanol–water partition coefficient (Wildman–Crippen LogP) is -0.276. The van der Waals surface area contributed by atoms with Gasteiger partial charge in [-0.05, 0) is 31.6 Å². The first-order chi connectivity index (χ1) is 8.07. The van der Waals surface area contributed by atoms with Crippen LogP contribution in [0.15, 0.2) is 0 Å². The fourth-order valence-electron chi connectivity index (χ4n) is 2.45. The maximum atomic E-state index is 11.9. The highest BCUT2D eigenvalue weighted by Gasteiger charge is 2.53. The quantitative estimate of drug-likeness (QED) is 0.628. The number of likely N-dealkylation sites (tertiary alicyclic amines) is 1. The van der Waals surface area contributed by atoms with Crippen LogP contribution in [0.25, 0.3) is 0 Å². The molecule has 1 heterocycles. The molecule has 1 saturated carbocycles. The summed E-state index contributed by atoms with van der Waals surface area (Å²) < 4.78 is 4.93. The lowest BCUT2D eigenvalue weighted by Crippen LogP contribution is -2.66. The van der Waals surface area contributed by atoms with E-state index in [0.29, 0.717) is 32.0 Å². The Labute approximate surface area is 102 Å². The summed E-state index contributed by atoms with van der Waals surface area (Å²) in [6.45, 7) is 1.57. The van der Waals surface area contributed by atoms with Gasteiger partial charge >= 0.3 is 0 Å². The van der Waals surface area contributed by atoms with Crippen molar-refractivity contribution in [3.8, 4) is 0 Å². The van der Waals surface area contributed by atoms with Gasteiger partial charge in [0, 0.05) is 13.7 Å². The number of hydrogen-bond acceptors (Lipinski definition) is 4. The Morgan fingerprint density at radius 2 is 2.24 bits per heavy atom. The van der Waals surface area contributed by atoms with E-state index in [4.69, 9.17) is 10.5 Å². The summed E-state index contributed by atoms with van der Waals surface area (Å²) in [4.78, 5) is 13.6. The predicted molar refractivity (Wildman–Crippen MR) is 63.3 cm³/mol. The Bertz CT molecular complexity index is 285. The number of carbonyl (C=O) groups is 1. The molecule has 1 saturated heterocycles. The maximum Gasteiger partial charge on any atom is 0.239 e. The average Bonchev–Trinajstić information content (AvgIpc) is 3.08. The molecule has 0 bridgehead atoms. The van der Waals surface area contributed by atoms with Gasteiger partial charge in [0.15, 0.2) is 0 Å². The smallest absolute Gasteiger partial charge is 0.239 e. The molecule has 5 nitrogen and oxygen atoms in total. The standard InChI is InChI=1S/C12H22N2O3/c1-17-6-2-3-10(13)11(15)14-7-12(16,8-14)9-4-5-9/h9-10,16H,2-8,13H2,1H3. The van der Waals surface area contributed by atoms with Crippen LogP contribution in [0.1, 0.15) is 25.7 Å². The van der Waals surface area contributed by atoms with Crippen molar-refractivity contribution < 1.29 is 14.6 Å². The molecule has 5 heteroatoms. The number of nitrogens with zero attached hydrogens (tertiary/aromatic N) is 1. The van der Waals surface area contributed by atoms with E-state index in [1.165, 1.54) is 0 Å². The number of rotatable bonds is 6. The molecule has 1 amide bonds. The number of β-amino-alcohol motifs (C(OH)–C–C–N with tert-alkyl or cyclic N) is 1. The summed E-state index contributed by atoms with van der Waals surface area (Å²) >= 11 is 0. The molecule has 1 atom stereocenters. The van der Waals surface area contributed by atoms with Gasteiger partial charge in [-0.1, -0.05) is 0 Å². The lowest BCUT2D eigenvalue weighted by atomic mass is 9.88. The Kier molecular flexibility index (Phi) is 3.70. The van der Waals surface area contributed by atoms with E-state index in [9.17, 15) is 9.90 Å². The van der Waals surface area contributed by atoms with Crippen molar-refractivity contribution in [3.63, 3.8) is 0 Å². The third kappa shape index (κ3) is 2.78. The second-order valence-corrected chi connectivity index (χ2v) is 5.31. The number of hydrogen-bond donors (Lipinski definition) is 2. The van der Waals surface area contributed by atoms with E-state index in [0.717, 1.165) is 19.3 Å². The largest absolute Gasteiger partial charge is 0.386 e. The molecule has 2 aliphatic rings. The van der Waals surface area contributed by atoms with Gasteiger partial charge < -0.3 is 20.5 Å². The molecule has 2 rings (SSSR count). The van der Waals surface area contributed by atoms with Crippen LogP contribution in [0.2, 0.25) is 0 Å². The van der Waals surface area contributed by atoms with Crippen molar-refractivity contribution in [2.45, 2.75) is 37.3 Å². The van der Waals surface area contributed by atoms with E-state index in [-0.39, 0.29) is 5.91 Å². The highest BCUT2D eigenvalue weighted by molar-refractivity contribution is 5.82. The zero-order valence-electron chi connectivity index (χ0n) is 10.4. The van der Waals surface area contributed by atoms with Crippen LogP contribution < -0.4 is 5.73 Å². The van der Waals surface area contributed by atoms with Gasteiger partial charge in [-0.25, -0.2) is 0 Å². The molecular formula is C12H22N2O3. The molecule has 2 fully saturated rings. The van der Waals surface area contributed by atoms with E-state index in [2.05, 4.69) is 0 Å². The maximum absolute atomic E-state index is 11.9. The summed E-state index contributed by atoms with van der Waals surface area (Å²) in [6, 6.07) is -0.450. The number of amides is 1. The van der Waals surface area contributed by atoms with Crippen molar-refractivity contribution in [2.75, 3.05) is 26.8 Å². The molecule has 1 aliphatic heterocycles. The zero-order chi connectivity index (χ0) is 12.5. The topological polar surface area (TPSA) is 75.8 Å². The third-order valence-electron chi connectivity index (χ3n) is 3.76. The minimum absolute atomic E-state index is 0.0357. The molecule has 1 unspecified atom stereocenters. The Morgan fingerprint density at radius 1 is 1.59 bits per heavy atom. The van der Waals surface area contributed by atoms with Crippen LogP contribution in [0.4, 0.5) is 0 Å². The number of ether oxygens (including phenoxy) is 1. The van der Waals surface area contributed by atoms with Crippen LogP contribution >= 0.6 is 0 Å². The number of aliphatic hydroxyl groups is 1. The lowest BCUT2D eigenvalue weighted by Gasteiger charge is -2.47. The molecule has 0 radical (unpaired) electrons. The highest BCUT2D eigenvalue weighted by Crippen LogP contribution is 2.44. The van der Waals surface area contributed by atoms with Crippen molar-refractivity contribution in [2.24, 2.45) is 11.7 Å². The number of methoxy groups -OCH3 is 1. The molecule has 98 valence electrons. The third-order valence-corrected chi connectivity index (χ3v) is 3.76. The first kappa shape index (κ1) is 12.8. The molecular weight excluding hydrogens is 220 g/mol. The van der Waals surface area contributed by atoms with Crippen LogP contribution in [0.3, 0.4) is 0 Å². The van der Waals surface area contributed by atoms with Crippen LogP contribution in [0.5, 0.6) is 0 Å². The second kappa shape index (κ2) is 4.92. The van der Waals surface area contributed by atoms with Gasteiger partial charge in [0.1, 0.15) is 5.60 Å². The van der Waals surface area contributed by atoms with Crippen LogP contribution in [0, 0.1) is 5.92 Å². The molecule has 0 aromatic heterocycles. The normalized spacial score (nSPS) is 24.3. The van der Waals surface area contributed by atoms with E-state index in [1.807, 2.05) is 0 Å². The Morgan fingerprint density at radius 3 is 2.76 bits per heavy atom. The summed E-state index contributed by atoms with van der Waals surface area (Å²) in [7, 11) is 1.64. The molecule has 0 spiro atoms. The summed E-state index contributed by atoms with van der Waals surface area (Å²) in [5.41, 5.74) is 5.21.